The summed E-state index contributed by atoms with van der Waals surface area (Å²) in [4.78, 5) is 0. The summed E-state index contributed by atoms with van der Waals surface area (Å²) in [5.41, 5.74) is 11.5. The molecule has 0 aliphatic heterocycles. The van der Waals surface area contributed by atoms with Gasteiger partial charge in [-0.15, -0.1) is 0 Å². The summed E-state index contributed by atoms with van der Waals surface area (Å²) in [7, 11) is 0. The van der Waals surface area contributed by atoms with Gasteiger partial charge in [-0.25, -0.2) is 0 Å². The van der Waals surface area contributed by atoms with E-state index >= 15 is 0 Å². The highest BCUT2D eigenvalue weighted by molar-refractivity contribution is 5.83. The number of benzene rings is 3. The monoisotopic (exact) mass is 298 g/mol. The van der Waals surface area contributed by atoms with Crippen molar-refractivity contribution in [2.24, 2.45) is 0 Å². The molecule has 0 unspecified atom stereocenters. The molecular formula is C23H22. The third-order valence-corrected chi connectivity index (χ3v) is 5.13. The summed E-state index contributed by atoms with van der Waals surface area (Å²) in [6.45, 7) is 4.49. The molecule has 23 heavy (non-hydrogen) atoms. The van der Waals surface area contributed by atoms with Crippen LogP contribution in [0, 0.1) is 0 Å². The Morgan fingerprint density at radius 3 is 2.17 bits per heavy atom. The molecular weight excluding hydrogens is 276 g/mol. The van der Waals surface area contributed by atoms with Crippen LogP contribution in [0.2, 0.25) is 0 Å². The third-order valence-electron chi connectivity index (χ3n) is 5.13. The van der Waals surface area contributed by atoms with Gasteiger partial charge in [0.15, 0.2) is 0 Å². The predicted molar refractivity (Wildman–Crippen MR) is 98.9 cm³/mol. The van der Waals surface area contributed by atoms with Crippen molar-refractivity contribution in [3.05, 3.63) is 82.9 Å². The lowest BCUT2D eigenvalue weighted by Crippen LogP contribution is -1.95. The van der Waals surface area contributed by atoms with Gasteiger partial charge < -0.3 is 0 Å². The van der Waals surface area contributed by atoms with Crippen molar-refractivity contribution >= 4 is 0 Å². The maximum absolute atomic E-state index is 2.32. The first-order chi connectivity index (χ1) is 11.3. The molecule has 4 rings (SSSR count). The van der Waals surface area contributed by atoms with Crippen molar-refractivity contribution in [3.63, 3.8) is 0 Å². The number of hydrogen-bond acceptors (Lipinski definition) is 0. The van der Waals surface area contributed by atoms with Crippen LogP contribution in [-0.2, 0) is 19.3 Å². The molecule has 0 radical (unpaired) electrons. The molecule has 3 aromatic rings. The Hall–Kier alpha value is -2.34. The van der Waals surface area contributed by atoms with E-state index in [1.54, 1.807) is 0 Å². The Labute approximate surface area is 138 Å². The average molecular weight is 298 g/mol. The number of rotatable bonds is 3. The molecule has 0 N–H and O–H groups in total. The molecule has 0 fully saturated rings. The smallest absolute Gasteiger partial charge is 0.00105 e. The van der Waals surface area contributed by atoms with Crippen molar-refractivity contribution in [1.29, 1.82) is 0 Å². The van der Waals surface area contributed by atoms with Crippen molar-refractivity contribution in [2.45, 2.75) is 33.1 Å². The summed E-state index contributed by atoms with van der Waals surface area (Å²) in [5, 5.41) is 0. The molecule has 0 aromatic heterocycles. The molecule has 0 atom stereocenters. The fourth-order valence-corrected chi connectivity index (χ4v) is 3.87. The van der Waals surface area contributed by atoms with Gasteiger partial charge in [0.25, 0.3) is 0 Å². The topological polar surface area (TPSA) is 0 Å². The molecule has 114 valence electrons. The predicted octanol–water partition coefficient (Wildman–Crippen LogP) is 6.05. The molecule has 0 amide bonds. The fourth-order valence-electron chi connectivity index (χ4n) is 3.87. The number of hydrogen-bond donors (Lipinski definition) is 0. The summed E-state index contributed by atoms with van der Waals surface area (Å²) in [6, 6.07) is 22.6. The first kappa shape index (κ1) is 14.3. The fraction of sp³-hybridized carbons (Fsp3) is 0.217. The largest absolute Gasteiger partial charge is 0.0619 e. The van der Waals surface area contributed by atoms with Gasteiger partial charge in [0.2, 0.25) is 0 Å². The maximum Gasteiger partial charge on any atom is -0.00105 e. The van der Waals surface area contributed by atoms with E-state index in [9.17, 15) is 0 Å². The standard InChI is InChI=1S/C23H22/c1-3-16-9-11-17(12-10-16)21-13-14-22-20-8-6-5-7-18(20)15-23(22)19(21)4-2/h5-14H,3-4,15H2,1-2H3. The molecule has 0 nitrogen and oxygen atoms in total. The van der Waals surface area contributed by atoms with Gasteiger partial charge in [-0.05, 0) is 63.8 Å². The minimum absolute atomic E-state index is 1.08. The van der Waals surface area contributed by atoms with Crippen molar-refractivity contribution in [1.82, 2.24) is 0 Å². The molecule has 1 aliphatic rings. The summed E-state index contributed by atoms with van der Waals surface area (Å²) >= 11 is 0. The average Bonchev–Trinajstić information content (AvgIpc) is 2.99. The van der Waals surface area contributed by atoms with E-state index in [0.717, 1.165) is 19.3 Å². The van der Waals surface area contributed by atoms with Gasteiger partial charge >= 0.3 is 0 Å². The second-order valence-electron chi connectivity index (χ2n) is 6.36. The molecule has 0 spiro atoms. The Bertz CT molecular complexity index is 854. The lowest BCUT2D eigenvalue weighted by Gasteiger charge is -2.14. The molecule has 0 heteroatoms. The van der Waals surface area contributed by atoms with Gasteiger partial charge in [0, 0.05) is 0 Å². The van der Waals surface area contributed by atoms with E-state index in [1.165, 1.54) is 44.5 Å². The van der Waals surface area contributed by atoms with Crippen molar-refractivity contribution < 1.29 is 0 Å². The SMILES string of the molecule is CCc1ccc(-c2ccc3c(c2CC)Cc2ccccc2-3)cc1. The van der Waals surface area contributed by atoms with Gasteiger partial charge in [-0.2, -0.15) is 0 Å². The third kappa shape index (κ3) is 2.30. The Kier molecular flexibility index (Phi) is 3.53. The van der Waals surface area contributed by atoms with E-state index in [1.807, 2.05) is 0 Å². The Balaban J connectivity index is 1.86. The molecule has 0 bridgehead atoms. The van der Waals surface area contributed by atoms with Gasteiger partial charge in [-0.3, -0.25) is 0 Å². The van der Waals surface area contributed by atoms with Gasteiger partial charge in [-0.1, -0.05) is 74.5 Å². The quantitative estimate of drug-likeness (QED) is 0.432. The lowest BCUT2D eigenvalue weighted by molar-refractivity contribution is 1.09. The first-order valence-electron chi connectivity index (χ1n) is 8.64. The number of aryl methyl sites for hydroxylation is 1. The van der Waals surface area contributed by atoms with E-state index in [2.05, 4.69) is 74.5 Å². The van der Waals surface area contributed by atoms with Crippen molar-refractivity contribution in [3.8, 4) is 22.3 Å². The van der Waals surface area contributed by atoms with Gasteiger partial charge in [0.1, 0.15) is 0 Å². The molecule has 1 aliphatic carbocycles. The summed E-state index contributed by atoms with van der Waals surface area (Å²) in [5.74, 6) is 0. The highest BCUT2D eigenvalue weighted by Crippen LogP contribution is 2.41. The summed E-state index contributed by atoms with van der Waals surface area (Å²) < 4.78 is 0. The highest BCUT2D eigenvalue weighted by atomic mass is 14.3. The molecule has 3 aromatic carbocycles. The minimum Gasteiger partial charge on any atom is -0.0619 e. The van der Waals surface area contributed by atoms with Crippen LogP contribution in [0.15, 0.2) is 60.7 Å². The van der Waals surface area contributed by atoms with Crippen LogP contribution < -0.4 is 0 Å². The zero-order chi connectivity index (χ0) is 15.8. The number of fused-ring (bicyclic) bond motifs is 3. The first-order valence-corrected chi connectivity index (χ1v) is 8.64. The highest BCUT2D eigenvalue weighted by Gasteiger charge is 2.22. The van der Waals surface area contributed by atoms with E-state index in [0.29, 0.717) is 0 Å². The Morgan fingerprint density at radius 1 is 0.696 bits per heavy atom. The Morgan fingerprint density at radius 2 is 1.43 bits per heavy atom. The zero-order valence-electron chi connectivity index (χ0n) is 13.9. The van der Waals surface area contributed by atoms with Crippen LogP contribution in [-0.4, -0.2) is 0 Å². The lowest BCUT2D eigenvalue weighted by atomic mass is 9.90. The van der Waals surface area contributed by atoms with Crippen LogP contribution in [0.3, 0.4) is 0 Å². The van der Waals surface area contributed by atoms with Crippen LogP contribution >= 0.6 is 0 Å². The van der Waals surface area contributed by atoms with Crippen LogP contribution in [0.4, 0.5) is 0 Å². The molecule has 0 saturated heterocycles. The van der Waals surface area contributed by atoms with Crippen LogP contribution in [0.1, 0.15) is 36.1 Å². The second kappa shape index (κ2) is 5.70. The molecule has 0 saturated carbocycles. The zero-order valence-corrected chi connectivity index (χ0v) is 13.9. The maximum atomic E-state index is 2.32. The van der Waals surface area contributed by atoms with E-state index in [4.69, 9.17) is 0 Å². The molecule has 0 heterocycles. The van der Waals surface area contributed by atoms with Crippen molar-refractivity contribution in [2.75, 3.05) is 0 Å². The van der Waals surface area contributed by atoms with Gasteiger partial charge in [0.05, 0.1) is 0 Å². The normalized spacial score (nSPS) is 12.1. The summed E-state index contributed by atoms with van der Waals surface area (Å²) in [6.07, 6.45) is 3.26. The van der Waals surface area contributed by atoms with E-state index < -0.39 is 0 Å². The van der Waals surface area contributed by atoms with Crippen LogP contribution in [0.5, 0.6) is 0 Å². The van der Waals surface area contributed by atoms with E-state index in [-0.39, 0.29) is 0 Å². The van der Waals surface area contributed by atoms with Crippen LogP contribution in [0.25, 0.3) is 22.3 Å². The second-order valence-corrected chi connectivity index (χ2v) is 6.36. The minimum atomic E-state index is 1.08.